The Hall–Kier alpha value is -2.89. The maximum Gasteiger partial charge on any atom is 0.319 e. The molecule has 1 aliphatic heterocycles. The molecular weight excluding hydrogens is 354 g/mol. The first-order chi connectivity index (χ1) is 13.4. The summed E-state index contributed by atoms with van der Waals surface area (Å²) in [7, 11) is 3.20. The van der Waals surface area contributed by atoms with Crippen LogP contribution in [0.2, 0.25) is 0 Å². The van der Waals surface area contributed by atoms with Crippen LogP contribution in [-0.4, -0.2) is 33.3 Å². The molecule has 0 saturated carbocycles. The summed E-state index contributed by atoms with van der Waals surface area (Å²) in [6, 6.07) is 13.4. The van der Waals surface area contributed by atoms with Gasteiger partial charge in [0.25, 0.3) is 0 Å². The van der Waals surface area contributed by atoms with E-state index in [0.717, 1.165) is 24.3 Å². The Morgan fingerprint density at radius 1 is 0.964 bits per heavy atom. The molecular formula is C22H29N3O3. The van der Waals surface area contributed by atoms with Gasteiger partial charge in [0.15, 0.2) is 11.5 Å². The van der Waals surface area contributed by atoms with Gasteiger partial charge in [0.1, 0.15) is 0 Å². The van der Waals surface area contributed by atoms with Crippen molar-refractivity contribution in [3.05, 3.63) is 48.0 Å². The van der Waals surface area contributed by atoms with Crippen LogP contribution in [-0.2, 0) is 5.54 Å². The molecule has 3 rings (SSSR count). The van der Waals surface area contributed by atoms with Crippen LogP contribution in [0, 0.1) is 0 Å². The summed E-state index contributed by atoms with van der Waals surface area (Å²) in [5, 5.41) is 5.93. The van der Waals surface area contributed by atoms with E-state index in [0.29, 0.717) is 11.5 Å². The maximum absolute atomic E-state index is 12.5. The quantitative estimate of drug-likeness (QED) is 0.778. The van der Waals surface area contributed by atoms with Crippen molar-refractivity contribution in [3.63, 3.8) is 0 Å². The van der Waals surface area contributed by atoms with Gasteiger partial charge in [0.2, 0.25) is 0 Å². The molecule has 6 heteroatoms. The van der Waals surface area contributed by atoms with E-state index in [1.165, 1.54) is 18.5 Å². The standard InChI is InChI=1S/C22H29N3O3/c1-22(2,16-7-12-19(27-3)20(15-16)28-4)24-21(26)23-17-8-10-18(11-9-17)25-13-5-6-14-25/h7-12,15H,5-6,13-14H2,1-4H3,(H2,23,24,26). The van der Waals surface area contributed by atoms with Crippen molar-refractivity contribution in [2.45, 2.75) is 32.2 Å². The molecule has 1 heterocycles. The number of benzene rings is 2. The number of nitrogens with one attached hydrogen (secondary N) is 2. The van der Waals surface area contributed by atoms with E-state index in [4.69, 9.17) is 9.47 Å². The molecule has 0 radical (unpaired) electrons. The van der Waals surface area contributed by atoms with Gasteiger partial charge in [-0.15, -0.1) is 0 Å². The monoisotopic (exact) mass is 383 g/mol. The Morgan fingerprint density at radius 3 is 2.21 bits per heavy atom. The van der Waals surface area contributed by atoms with E-state index in [1.54, 1.807) is 14.2 Å². The van der Waals surface area contributed by atoms with E-state index < -0.39 is 5.54 Å². The zero-order valence-electron chi connectivity index (χ0n) is 17.0. The molecule has 1 saturated heterocycles. The number of carbonyl (C=O) groups is 1. The van der Waals surface area contributed by atoms with Gasteiger partial charge < -0.3 is 25.0 Å². The van der Waals surface area contributed by atoms with Gasteiger partial charge >= 0.3 is 6.03 Å². The molecule has 2 aromatic rings. The minimum absolute atomic E-state index is 0.256. The van der Waals surface area contributed by atoms with Gasteiger partial charge in [-0.25, -0.2) is 4.79 Å². The highest BCUT2D eigenvalue weighted by molar-refractivity contribution is 5.90. The molecule has 1 fully saturated rings. The molecule has 2 N–H and O–H groups in total. The topological polar surface area (TPSA) is 62.8 Å². The molecule has 150 valence electrons. The smallest absolute Gasteiger partial charge is 0.319 e. The number of carbonyl (C=O) groups excluding carboxylic acids is 1. The largest absolute Gasteiger partial charge is 0.493 e. The summed E-state index contributed by atoms with van der Waals surface area (Å²) in [5.41, 5.74) is 2.31. The number of anilines is 2. The molecule has 2 amide bonds. The van der Waals surface area contributed by atoms with Crippen molar-refractivity contribution in [1.82, 2.24) is 5.32 Å². The minimum Gasteiger partial charge on any atom is -0.493 e. The van der Waals surface area contributed by atoms with E-state index >= 15 is 0 Å². The van der Waals surface area contributed by atoms with Gasteiger partial charge in [-0.2, -0.15) is 0 Å². The molecule has 0 atom stereocenters. The average molecular weight is 383 g/mol. The Labute approximate surface area is 166 Å². The van der Waals surface area contributed by atoms with E-state index in [-0.39, 0.29) is 6.03 Å². The number of hydrogen-bond donors (Lipinski definition) is 2. The third kappa shape index (κ3) is 4.50. The molecule has 0 spiro atoms. The number of ether oxygens (including phenoxy) is 2. The fourth-order valence-electron chi connectivity index (χ4n) is 3.47. The Morgan fingerprint density at radius 2 is 1.61 bits per heavy atom. The molecule has 0 bridgehead atoms. The summed E-state index contributed by atoms with van der Waals surface area (Å²) in [4.78, 5) is 14.9. The van der Waals surface area contributed by atoms with Gasteiger partial charge in [-0.3, -0.25) is 0 Å². The Kier molecular flexibility index (Phi) is 5.97. The molecule has 0 aromatic heterocycles. The third-order valence-electron chi connectivity index (χ3n) is 5.13. The zero-order chi connectivity index (χ0) is 20.1. The summed E-state index contributed by atoms with van der Waals surface area (Å²) < 4.78 is 10.7. The highest BCUT2D eigenvalue weighted by atomic mass is 16.5. The van der Waals surface area contributed by atoms with Crippen molar-refractivity contribution in [1.29, 1.82) is 0 Å². The lowest BCUT2D eigenvalue weighted by Crippen LogP contribution is -2.43. The average Bonchev–Trinajstić information content (AvgIpc) is 3.22. The number of amides is 2. The minimum atomic E-state index is -0.584. The van der Waals surface area contributed by atoms with E-state index in [9.17, 15) is 4.79 Å². The number of nitrogens with zero attached hydrogens (tertiary/aromatic N) is 1. The van der Waals surface area contributed by atoms with Crippen LogP contribution in [0.15, 0.2) is 42.5 Å². The lowest BCUT2D eigenvalue weighted by atomic mass is 9.94. The predicted molar refractivity (Wildman–Crippen MR) is 113 cm³/mol. The second-order valence-electron chi connectivity index (χ2n) is 7.51. The van der Waals surface area contributed by atoms with Crippen molar-refractivity contribution < 1.29 is 14.3 Å². The van der Waals surface area contributed by atoms with E-state index in [2.05, 4.69) is 27.7 Å². The van der Waals surface area contributed by atoms with Crippen LogP contribution >= 0.6 is 0 Å². The zero-order valence-corrected chi connectivity index (χ0v) is 17.0. The van der Waals surface area contributed by atoms with Crippen LogP contribution in [0.1, 0.15) is 32.3 Å². The van der Waals surface area contributed by atoms with Crippen molar-refractivity contribution in [2.24, 2.45) is 0 Å². The van der Waals surface area contributed by atoms with Crippen molar-refractivity contribution in [3.8, 4) is 11.5 Å². The van der Waals surface area contributed by atoms with Crippen molar-refractivity contribution >= 4 is 17.4 Å². The number of urea groups is 1. The highest BCUT2D eigenvalue weighted by Crippen LogP contribution is 2.32. The fourth-order valence-corrected chi connectivity index (χ4v) is 3.47. The SMILES string of the molecule is COc1ccc(C(C)(C)NC(=O)Nc2ccc(N3CCCC3)cc2)cc1OC. The van der Waals surface area contributed by atoms with Crippen molar-refractivity contribution in [2.75, 3.05) is 37.5 Å². The maximum atomic E-state index is 12.5. The summed E-state index contributed by atoms with van der Waals surface area (Å²) in [6.45, 7) is 6.11. The van der Waals surface area contributed by atoms with Crippen LogP contribution < -0.4 is 25.0 Å². The Balaban J connectivity index is 1.64. The third-order valence-corrected chi connectivity index (χ3v) is 5.13. The first-order valence-corrected chi connectivity index (χ1v) is 9.59. The Bertz CT molecular complexity index is 812. The molecule has 0 aliphatic carbocycles. The molecule has 6 nitrogen and oxygen atoms in total. The summed E-state index contributed by atoms with van der Waals surface area (Å²) in [6.07, 6.45) is 2.49. The number of methoxy groups -OCH3 is 2. The fraction of sp³-hybridized carbons (Fsp3) is 0.409. The first kappa shape index (κ1) is 19.9. The summed E-state index contributed by atoms with van der Waals surface area (Å²) in [5.74, 6) is 1.29. The number of rotatable bonds is 6. The van der Waals surface area contributed by atoms with Gasteiger partial charge in [0.05, 0.1) is 19.8 Å². The summed E-state index contributed by atoms with van der Waals surface area (Å²) >= 11 is 0. The number of hydrogen-bond acceptors (Lipinski definition) is 4. The lowest BCUT2D eigenvalue weighted by molar-refractivity contribution is 0.241. The normalized spacial score (nSPS) is 13.9. The highest BCUT2D eigenvalue weighted by Gasteiger charge is 2.24. The molecule has 2 aromatic carbocycles. The van der Waals surface area contributed by atoms with Crippen LogP contribution in [0.5, 0.6) is 11.5 Å². The lowest BCUT2D eigenvalue weighted by Gasteiger charge is -2.28. The van der Waals surface area contributed by atoms with Gasteiger partial charge in [-0.1, -0.05) is 6.07 Å². The second kappa shape index (κ2) is 8.42. The van der Waals surface area contributed by atoms with Gasteiger partial charge in [-0.05, 0) is 68.7 Å². The molecule has 28 heavy (non-hydrogen) atoms. The predicted octanol–water partition coefficient (Wildman–Crippen LogP) is 4.36. The van der Waals surface area contributed by atoms with Gasteiger partial charge in [0, 0.05) is 24.5 Å². The van der Waals surface area contributed by atoms with Crippen LogP contribution in [0.25, 0.3) is 0 Å². The first-order valence-electron chi connectivity index (χ1n) is 9.59. The molecule has 0 unspecified atom stereocenters. The van der Waals surface area contributed by atoms with Crippen LogP contribution in [0.3, 0.4) is 0 Å². The second-order valence-corrected chi connectivity index (χ2v) is 7.51. The van der Waals surface area contributed by atoms with E-state index in [1.807, 2.05) is 44.2 Å². The van der Waals surface area contributed by atoms with Crippen LogP contribution in [0.4, 0.5) is 16.2 Å². The molecule has 1 aliphatic rings.